The van der Waals surface area contributed by atoms with Crippen molar-refractivity contribution in [3.63, 3.8) is 0 Å². The number of likely N-dealkylation sites (N-methyl/N-ethyl adjacent to an activating group) is 2. The van der Waals surface area contributed by atoms with Crippen LogP contribution in [0.15, 0.2) is 170 Å². The summed E-state index contributed by atoms with van der Waals surface area (Å²) in [5.41, 5.74) is 16.5. The second-order valence-corrected chi connectivity index (χ2v) is 23.1. The molecule has 1 aliphatic rings. The highest BCUT2D eigenvalue weighted by Crippen LogP contribution is 2.33. The van der Waals surface area contributed by atoms with Crippen LogP contribution in [0.4, 0.5) is 0 Å². The summed E-state index contributed by atoms with van der Waals surface area (Å²) in [6.45, 7) is 2.69. The minimum atomic E-state index is -0.233. The molecule has 0 saturated heterocycles. The van der Waals surface area contributed by atoms with E-state index in [1.165, 1.54) is 0 Å². The lowest BCUT2D eigenvalue weighted by Crippen LogP contribution is -2.53. The minimum absolute atomic E-state index is 0.103. The zero-order valence-corrected chi connectivity index (χ0v) is 49.3. The summed E-state index contributed by atoms with van der Waals surface area (Å²) >= 11 is 0. The molecule has 4 amide bonds. The molecule has 8 aromatic carbocycles. The molecule has 4 aromatic heterocycles. The standard InChI is InChI=1S/C70H66N14O4/c1-83(2)35-33-71-67(85)45-17-9-41(10-18-45)63-73-55-29-25-49(37-59(55)77-63)51-27-31-57-61(39-51)79-65(75-57)43-13-21-47(22-14-43)69(87)81-53-7-5-6-8-54(53)82-70(88)48-23-15-44(16-24-48)66-76-58-32-28-52(40-62(58)80-66)50-26-30-56-60(38-50)78-64(74-56)42-11-19-46(20-12-42)68(86)72-34-36-84(3)4/h9-32,37-40,53-54H,5-8,33-36H2,1-4H3,(H,71,85)(H,72,86)(H,73,77)(H,74,78)(H,75,79)(H,76,80)(H,81,87)(H,82,88). The van der Waals surface area contributed by atoms with E-state index < -0.39 is 0 Å². The van der Waals surface area contributed by atoms with Crippen molar-refractivity contribution in [2.45, 2.75) is 37.8 Å². The van der Waals surface area contributed by atoms with E-state index >= 15 is 0 Å². The number of nitrogens with one attached hydrogen (secondary N) is 8. The van der Waals surface area contributed by atoms with E-state index in [1.54, 1.807) is 0 Å². The second-order valence-electron chi connectivity index (χ2n) is 23.1. The van der Waals surface area contributed by atoms with Crippen LogP contribution in [0.5, 0.6) is 0 Å². The fraction of sp³-hybridized carbons (Fsp3) is 0.200. The highest BCUT2D eigenvalue weighted by Gasteiger charge is 2.29. The molecule has 13 rings (SSSR count). The largest absolute Gasteiger partial charge is 0.351 e. The summed E-state index contributed by atoms with van der Waals surface area (Å²) in [6.07, 6.45) is 3.40. The molecule has 0 aliphatic heterocycles. The molecule has 1 saturated carbocycles. The first-order chi connectivity index (χ1) is 42.8. The summed E-state index contributed by atoms with van der Waals surface area (Å²) in [6, 6.07) is 53.9. The molecule has 2 unspecified atom stereocenters. The molecule has 12 aromatic rings. The lowest BCUT2D eigenvalue weighted by atomic mass is 9.89. The van der Waals surface area contributed by atoms with Crippen molar-refractivity contribution in [3.8, 4) is 67.8 Å². The highest BCUT2D eigenvalue weighted by atomic mass is 16.2. The van der Waals surface area contributed by atoms with E-state index in [0.29, 0.717) is 47.0 Å². The van der Waals surface area contributed by atoms with Crippen LogP contribution in [0.2, 0.25) is 0 Å². The molecular formula is C70H66N14O4. The van der Waals surface area contributed by atoms with Gasteiger partial charge in [-0.05, 0) is 160 Å². The van der Waals surface area contributed by atoms with Crippen LogP contribution in [-0.4, -0.2) is 140 Å². The van der Waals surface area contributed by atoms with E-state index in [0.717, 1.165) is 139 Å². The van der Waals surface area contributed by atoms with Crippen molar-refractivity contribution in [1.82, 2.24) is 70.9 Å². The Morgan fingerprint density at radius 2 is 0.614 bits per heavy atom. The maximum atomic E-state index is 13.8. The Morgan fingerprint density at radius 3 is 0.875 bits per heavy atom. The number of hydrogen-bond acceptors (Lipinski definition) is 10. The summed E-state index contributed by atoms with van der Waals surface area (Å²) in [5, 5.41) is 12.4. The van der Waals surface area contributed by atoms with Gasteiger partial charge in [-0.15, -0.1) is 0 Å². The van der Waals surface area contributed by atoms with Gasteiger partial charge in [0.25, 0.3) is 23.6 Å². The molecule has 1 fully saturated rings. The van der Waals surface area contributed by atoms with Crippen molar-refractivity contribution in [2.24, 2.45) is 0 Å². The number of imidazole rings is 4. The van der Waals surface area contributed by atoms with Crippen molar-refractivity contribution >= 4 is 67.8 Å². The molecule has 8 N–H and O–H groups in total. The molecule has 440 valence electrons. The number of benzene rings is 8. The van der Waals surface area contributed by atoms with Gasteiger partial charge in [-0.2, -0.15) is 0 Å². The van der Waals surface area contributed by atoms with Gasteiger partial charge in [-0.3, -0.25) is 19.2 Å². The Balaban J connectivity index is 0.613. The SMILES string of the molecule is CN(C)CCNC(=O)c1ccc(-c2nc3cc(-c4ccc5[nH]c(-c6ccc(C(=O)NC7CCCCC7NC(=O)c7ccc(-c8nc9cc(-c%10ccc%11[nH]c(-c%12ccc(C(=O)NCCN(C)C)cc%12)nc%11c%10)ccc9[nH]8)cc7)cc6)nc5c4)ccc3[nH]2)cc1. The van der Waals surface area contributed by atoms with Gasteiger partial charge in [0.1, 0.15) is 23.3 Å². The van der Waals surface area contributed by atoms with Crippen LogP contribution in [0.25, 0.3) is 112 Å². The molecule has 18 heteroatoms. The summed E-state index contributed by atoms with van der Waals surface area (Å²) in [5.74, 6) is 2.22. The van der Waals surface area contributed by atoms with Crippen molar-refractivity contribution < 1.29 is 19.2 Å². The number of carbonyl (C=O) groups excluding carboxylic acids is 4. The molecule has 0 bridgehead atoms. The molecule has 0 spiro atoms. The first-order valence-corrected chi connectivity index (χ1v) is 29.7. The molecule has 1 aliphatic carbocycles. The van der Waals surface area contributed by atoms with E-state index in [9.17, 15) is 19.2 Å². The summed E-state index contributed by atoms with van der Waals surface area (Å²) in [4.78, 5) is 90.3. The minimum Gasteiger partial charge on any atom is -0.351 e. The number of rotatable bonds is 18. The third-order valence-corrected chi connectivity index (χ3v) is 16.4. The lowest BCUT2D eigenvalue weighted by molar-refractivity contribution is 0.0863. The maximum Gasteiger partial charge on any atom is 0.251 e. The van der Waals surface area contributed by atoms with Crippen molar-refractivity contribution in [2.75, 3.05) is 54.4 Å². The Hall–Kier alpha value is -10.6. The van der Waals surface area contributed by atoms with E-state index in [-0.39, 0.29) is 35.7 Å². The number of H-pyrrole nitrogens is 4. The number of hydrogen-bond donors (Lipinski definition) is 8. The van der Waals surface area contributed by atoms with Gasteiger partial charge < -0.3 is 51.0 Å². The van der Waals surface area contributed by atoms with Gasteiger partial charge in [0, 0.05) is 82.8 Å². The first kappa shape index (κ1) is 56.6. The molecule has 88 heavy (non-hydrogen) atoms. The van der Waals surface area contributed by atoms with Crippen LogP contribution >= 0.6 is 0 Å². The predicted molar refractivity (Wildman–Crippen MR) is 347 cm³/mol. The molecule has 2 atom stereocenters. The monoisotopic (exact) mass is 1170 g/mol. The Bertz CT molecular complexity index is 4270. The quantitative estimate of drug-likeness (QED) is 0.0404. The highest BCUT2D eigenvalue weighted by molar-refractivity contribution is 5.98. The Morgan fingerprint density at radius 1 is 0.364 bits per heavy atom. The predicted octanol–water partition coefficient (Wildman–Crippen LogP) is 11.2. The maximum absolute atomic E-state index is 13.8. The molecule has 0 radical (unpaired) electrons. The van der Waals surface area contributed by atoms with Crippen LogP contribution in [0.1, 0.15) is 67.1 Å². The van der Waals surface area contributed by atoms with Crippen LogP contribution in [-0.2, 0) is 0 Å². The molecule has 18 nitrogen and oxygen atoms in total. The Kier molecular flexibility index (Phi) is 15.7. The smallest absolute Gasteiger partial charge is 0.251 e. The van der Waals surface area contributed by atoms with E-state index in [4.69, 9.17) is 19.9 Å². The zero-order chi connectivity index (χ0) is 60.4. The number of nitrogens with zero attached hydrogens (tertiary/aromatic N) is 6. The third-order valence-electron chi connectivity index (χ3n) is 16.4. The van der Waals surface area contributed by atoms with E-state index in [1.807, 2.05) is 159 Å². The van der Waals surface area contributed by atoms with Crippen molar-refractivity contribution in [3.05, 3.63) is 192 Å². The van der Waals surface area contributed by atoms with Gasteiger partial charge in [-0.1, -0.05) is 85.6 Å². The van der Waals surface area contributed by atoms with Crippen LogP contribution in [0, 0.1) is 0 Å². The average molecular weight is 1170 g/mol. The number of fused-ring (bicyclic) bond motifs is 4. The van der Waals surface area contributed by atoms with Gasteiger partial charge in [0.05, 0.1) is 44.1 Å². The van der Waals surface area contributed by atoms with Gasteiger partial charge in [-0.25, -0.2) is 19.9 Å². The number of aromatic nitrogens is 8. The number of amides is 4. The second kappa shape index (κ2) is 24.4. The van der Waals surface area contributed by atoms with Gasteiger partial charge in [0.15, 0.2) is 0 Å². The normalized spacial score (nSPS) is 14.3. The summed E-state index contributed by atoms with van der Waals surface area (Å²) < 4.78 is 0. The average Bonchev–Trinajstić information content (AvgIpc) is 3.03. The van der Waals surface area contributed by atoms with Crippen molar-refractivity contribution in [1.29, 1.82) is 0 Å². The fourth-order valence-electron chi connectivity index (χ4n) is 11.4. The van der Waals surface area contributed by atoms with Crippen LogP contribution < -0.4 is 21.3 Å². The third kappa shape index (κ3) is 12.3. The van der Waals surface area contributed by atoms with Crippen LogP contribution in [0.3, 0.4) is 0 Å². The first-order valence-electron chi connectivity index (χ1n) is 29.7. The molecular weight excluding hydrogens is 1100 g/mol. The number of aromatic amines is 4. The lowest BCUT2D eigenvalue weighted by Gasteiger charge is -2.33. The zero-order valence-electron chi connectivity index (χ0n) is 49.3. The fourth-order valence-corrected chi connectivity index (χ4v) is 11.4. The number of carbonyl (C=O) groups is 4. The van der Waals surface area contributed by atoms with E-state index in [2.05, 4.69) is 89.7 Å². The molecule has 4 heterocycles. The summed E-state index contributed by atoms with van der Waals surface area (Å²) in [7, 11) is 7.89. The van der Waals surface area contributed by atoms with Gasteiger partial charge in [0.2, 0.25) is 0 Å². The Labute approximate surface area is 507 Å². The topological polar surface area (TPSA) is 238 Å². The van der Waals surface area contributed by atoms with Gasteiger partial charge >= 0.3 is 0 Å².